The Morgan fingerprint density at radius 2 is 1.76 bits per heavy atom. The van der Waals surface area contributed by atoms with Crippen LogP contribution in [0, 0.1) is 17.5 Å². The van der Waals surface area contributed by atoms with Crippen LogP contribution in [0.1, 0.15) is 5.69 Å². The van der Waals surface area contributed by atoms with Crippen molar-refractivity contribution < 1.29 is 13.2 Å². The summed E-state index contributed by atoms with van der Waals surface area (Å²) in [5.41, 5.74) is 1.73. The van der Waals surface area contributed by atoms with Crippen molar-refractivity contribution in [3.8, 4) is 0 Å². The van der Waals surface area contributed by atoms with Gasteiger partial charge in [0.1, 0.15) is 5.82 Å². The topological polar surface area (TPSA) is 37.8 Å². The Morgan fingerprint density at radius 3 is 2.57 bits per heavy atom. The van der Waals surface area contributed by atoms with Crippen LogP contribution >= 0.6 is 0 Å². The van der Waals surface area contributed by atoms with Gasteiger partial charge < -0.3 is 5.32 Å². The van der Waals surface area contributed by atoms with Crippen molar-refractivity contribution in [2.24, 2.45) is 0 Å². The Kier molecular flexibility index (Phi) is 3.43. The van der Waals surface area contributed by atoms with Crippen LogP contribution in [-0.4, -0.2) is 9.97 Å². The van der Waals surface area contributed by atoms with Crippen molar-refractivity contribution in [1.29, 1.82) is 0 Å². The molecular weight excluding hydrogens is 279 g/mol. The molecule has 0 radical (unpaired) electrons. The van der Waals surface area contributed by atoms with Gasteiger partial charge in [-0.15, -0.1) is 0 Å². The molecule has 3 aromatic rings. The molecule has 106 valence electrons. The molecule has 0 aliphatic heterocycles. The highest BCUT2D eigenvalue weighted by Gasteiger charge is 2.11. The summed E-state index contributed by atoms with van der Waals surface area (Å²) < 4.78 is 39.7. The van der Waals surface area contributed by atoms with Gasteiger partial charge in [0.25, 0.3) is 0 Å². The molecule has 0 bridgehead atoms. The highest BCUT2D eigenvalue weighted by atomic mass is 19.2. The maximum atomic E-state index is 13.5. The van der Waals surface area contributed by atoms with Crippen LogP contribution in [0.25, 0.3) is 11.0 Å². The summed E-state index contributed by atoms with van der Waals surface area (Å²) in [5.74, 6) is -3.20. The van der Waals surface area contributed by atoms with E-state index >= 15 is 0 Å². The van der Waals surface area contributed by atoms with Gasteiger partial charge in [0, 0.05) is 12.1 Å². The van der Waals surface area contributed by atoms with Crippen molar-refractivity contribution in [3.63, 3.8) is 0 Å². The average Bonchev–Trinajstić information content (AvgIpc) is 2.49. The molecule has 0 aliphatic carbocycles. The Balaban J connectivity index is 1.83. The molecule has 1 aromatic heterocycles. The first-order valence-electron chi connectivity index (χ1n) is 6.22. The molecule has 1 heterocycles. The Morgan fingerprint density at radius 1 is 1.00 bits per heavy atom. The first kappa shape index (κ1) is 13.4. The van der Waals surface area contributed by atoms with Gasteiger partial charge in [0.2, 0.25) is 0 Å². The second kappa shape index (κ2) is 5.40. The number of rotatable bonds is 3. The van der Waals surface area contributed by atoms with Crippen LogP contribution < -0.4 is 5.32 Å². The van der Waals surface area contributed by atoms with E-state index in [1.54, 1.807) is 6.07 Å². The van der Waals surface area contributed by atoms with Gasteiger partial charge in [-0.1, -0.05) is 12.1 Å². The second-order valence-corrected chi connectivity index (χ2v) is 4.45. The molecule has 6 heteroatoms. The SMILES string of the molecule is Fc1cc(F)c(F)c(NCc2cnc3ccccc3n2)c1. The van der Waals surface area contributed by atoms with Gasteiger partial charge in [0.15, 0.2) is 11.6 Å². The van der Waals surface area contributed by atoms with Crippen molar-refractivity contribution in [3.05, 3.63) is 65.7 Å². The van der Waals surface area contributed by atoms with Gasteiger partial charge in [-0.05, 0) is 12.1 Å². The Hall–Kier alpha value is -2.63. The maximum absolute atomic E-state index is 13.5. The van der Waals surface area contributed by atoms with Crippen LogP contribution in [0.4, 0.5) is 18.9 Å². The first-order valence-corrected chi connectivity index (χ1v) is 6.22. The fraction of sp³-hybridized carbons (Fsp3) is 0.0667. The quantitative estimate of drug-likeness (QED) is 0.748. The summed E-state index contributed by atoms with van der Waals surface area (Å²) in [6.45, 7) is 0.109. The van der Waals surface area contributed by atoms with E-state index in [-0.39, 0.29) is 12.2 Å². The largest absolute Gasteiger partial charge is 0.377 e. The lowest BCUT2D eigenvalue weighted by Gasteiger charge is -2.08. The minimum atomic E-state index is -1.23. The number of para-hydroxylation sites is 2. The highest BCUT2D eigenvalue weighted by molar-refractivity contribution is 5.73. The normalized spacial score (nSPS) is 10.8. The molecule has 0 aliphatic rings. The van der Waals surface area contributed by atoms with Crippen molar-refractivity contribution in [1.82, 2.24) is 9.97 Å². The number of fused-ring (bicyclic) bond motifs is 1. The monoisotopic (exact) mass is 289 g/mol. The molecule has 0 amide bonds. The van der Waals surface area contributed by atoms with Gasteiger partial charge in [-0.3, -0.25) is 4.98 Å². The summed E-state index contributed by atoms with van der Waals surface area (Å²) >= 11 is 0. The molecule has 1 N–H and O–H groups in total. The summed E-state index contributed by atoms with van der Waals surface area (Å²) in [6.07, 6.45) is 1.53. The van der Waals surface area contributed by atoms with Crippen LogP contribution in [-0.2, 0) is 6.54 Å². The van der Waals surface area contributed by atoms with E-state index in [1.807, 2.05) is 18.2 Å². The van der Waals surface area contributed by atoms with E-state index in [4.69, 9.17) is 0 Å². The van der Waals surface area contributed by atoms with Crippen LogP contribution in [0.3, 0.4) is 0 Å². The lowest BCUT2D eigenvalue weighted by molar-refractivity contribution is 0.497. The van der Waals surface area contributed by atoms with Crippen LogP contribution in [0.2, 0.25) is 0 Å². The average molecular weight is 289 g/mol. The fourth-order valence-corrected chi connectivity index (χ4v) is 1.95. The summed E-state index contributed by atoms with van der Waals surface area (Å²) in [4.78, 5) is 8.54. The third-order valence-electron chi connectivity index (χ3n) is 2.95. The zero-order valence-corrected chi connectivity index (χ0v) is 10.8. The molecule has 0 saturated heterocycles. The number of hydrogen-bond acceptors (Lipinski definition) is 3. The molecule has 21 heavy (non-hydrogen) atoms. The molecule has 3 rings (SSSR count). The smallest absolute Gasteiger partial charge is 0.182 e. The Bertz CT molecular complexity index is 805. The molecule has 3 nitrogen and oxygen atoms in total. The van der Waals surface area contributed by atoms with E-state index in [0.717, 1.165) is 11.6 Å². The minimum Gasteiger partial charge on any atom is -0.377 e. The van der Waals surface area contributed by atoms with Gasteiger partial charge in [-0.25, -0.2) is 18.2 Å². The van der Waals surface area contributed by atoms with Crippen molar-refractivity contribution >= 4 is 16.7 Å². The fourth-order valence-electron chi connectivity index (χ4n) is 1.95. The van der Waals surface area contributed by atoms with E-state index in [1.165, 1.54) is 6.20 Å². The number of benzene rings is 2. The van der Waals surface area contributed by atoms with E-state index in [0.29, 0.717) is 17.3 Å². The first-order chi connectivity index (χ1) is 10.1. The predicted octanol–water partition coefficient (Wildman–Crippen LogP) is 3.66. The van der Waals surface area contributed by atoms with Gasteiger partial charge in [0.05, 0.1) is 35.2 Å². The van der Waals surface area contributed by atoms with Crippen LogP contribution in [0.15, 0.2) is 42.6 Å². The zero-order chi connectivity index (χ0) is 14.8. The van der Waals surface area contributed by atoms with E-state index in [9.17, 15) is 13.2 Å². The summed E-state index contributed by atoms with van der Waals surface area (Å²) in [7, 11) is 0. The molecule has 0 fully saturated rings. The minimum absolute atomic E-state index is 0.109. The number of anilines is 1. The van der Waals surface area contributed by atoms with E-state index in [2.05, 4.69) is 15.3 Å². The summed E-state index contributed by atoms with van der Waals surface area (Å²) in [6, 6.07) is 8.69. The number of aromatic nitrogens is 2. The number of halogens is 3. The molecule has 0 saturated carbocycles. The Labute approximate surface area is 118 Å². The van der Waals surface area contributed by atoms with E-state index < -0.39 is 17.5 Å². The maximum Gasteiger partial charge on any atom is 0.182 e. The number of nitrogens with one attached hydrogen (secondary N) is 1. The lowest BCUT2D eigenvalue weighted by Crippen LogP contribution is -2.05. The molecular formula is C15H10F3N3. The van der Waals surface area contributed by atoms with Gasteiger partial charge in [-0.2, -0.15) is 0 Å². The van der Waals surface area contributed by atoms with Crippen LogP contribution in [0.5, 0.6) is 0 Å². The van der Waals surface area contributed by atoms with Crippen molar-refractivity contribution in [2.75, 3.05) is 5.32 Å². The number of hydrogen-bond donors (Lipinski definition) is 1. The third-order valence-corrected chi connectivity index (χ3v) is 2.95. The zero-order valence-electron chi connectivity index (χ0n) is 10.8. The molecule has 0 spiro atoms. The molecule has 0 unspecified atom stereocenters. The summed E-state index contributed by atoms with van der Waals surface area (Å²) in [5, 5.41) is 2.62. The lowest BCUT2D eigenvalue weighted by atomic mass is 10.2. The third kappa shape index (κ3) is 2.79. The highest BCUT2D eigenvalue weighted by Crippen LogP contribution is 2.19. The number of nitrogens with zero attached hydrogens (tertiary/aromatic N) is 2. The second-order valence-electron chi connectivity index (χ2n) is 4.45. The standard InChI is InChI=1S/C15H10F3N3/c16-9-5-11(17)15(18)14(6-9)20-8-10-7-19-12-3-1-2-4-13(12)21-10/h1-7,20H,8H2. The predicted molar refractivity (Wildman–Crippen MR) is 73.2 cm³/mol. The van der Waals surface area contributed by atoms with Crippen molar-refractivity contribution in [2.45, 2.75) is 6.54 Å². The van der Waals surface area contributed by atoms with Gasteiger partial charge >= 0.3 is 0 Å². The molecule has 0 atom stereocenters. The molecule has 2 aromatic carbocycles.